The monoisotopic (exact) mass is 248 g/mol. The number of nitrogens with zero attached hydrogens (tertiary/aromatic N) is 1. The van der Waals surface area contributed by atoms with Crippen molar-refractivity contribution in [1.82, 2.24) is 10.2 Å². The summed E-state index contributed by atoms with van der Waals surface area (Å²) in [6, 6.07) is 8.66. The Morgan fingerprint density at radius 2 is 2.06 bits per heavy atom. The minimum Gasteiger partial charge on any atom is -0.380 e. The average molecular weight is 248 g/mol. The predicted octanol–water partition coefficient (Wildman–Crippen LogP) is 1.46. The molecule has 1 heterocycles. The van der Waals surface area contributed by atoms with E-state index in [9.17, 15) is 0 Å². The van der Waals surface area contributed by atoms with E-state index in [2.05, 4.69) is 41.4 Å². The standard InChI is InChI=1S/C15H24N2O/c1-14-3-2-4-15(13-14)5-11-18-12-10-17-8-6-16-7-9-17/h2-4,13,16H,5-12H2,1H3. The summed E-state index contributed by atoms with van der Waals surface area (Å²) in [6.45, 7) is 9.42. The fourth-order valence-electron chi connectivity index (χ4n) is 2.29. The maximum absolute atomic E-state index is 5.72. The third-order valence-corrected chi connectivity index (χ3v) is 3.38. The van der Waals surface area contributed by atoms with Crippen molar-refractivity contribution >= 4 is 0 Å². The second-order valence-corrected chi connectivity index (χ2v) is 4.94. The van der Waals surface area contributed by atoms with Crippen LogP contribution in [0, 0.1) is 6.92 Å². The van der Waals surface area contributed by atoms with Gasteiger partial charge < -0.3 is 10.1 Å². The fraction of sp³-hybridized carbons (Fsp3) is 0.600. The lowest BCUT2D eigenvalue weighted by Crippen LogP contribution is -2.44. The highest BCUT2D eigenvalue weighted by Crippen LogP contribution is 2.04. The van der Waals surface area contributed by atoms with Crippen molar-refractivity contribution in [1.29, 1.82) is 0 Å². The van der Waals surface area contributed by atoms with E-state index in [-0.39, 0.29) is 0 Å². The van der Waals surface area contributed by atoms with Crippen LogP contribution in [0.3, 0.4) is 0 Å². The predicted molar refractivity (Wildman–Crippen MR) is 75.0 cm³/mol. The van der Waals surface area contributed by atoms with Gasteiger partial charge in [-0.15, -0.1) is 0 Å². The van der Waals surface area contributed by atoms with E-state index < -0.39 is 0 Å². The van der Waals surface area contributed by atoms with Crippen molar-refractivity contribution in [3.63, 3.8) is 0 Å². The number of ether oxygens (including phenoxy) is 1. The first-order valence-electron chi connectivity index (χ1n) is 6.91. The van der Waals surface area contributed by atoms with Crippen molar-refractivity contribution < 1.29 is 4.74 Å². The van der Waals surface area contributed by atoms with Crippen LogP contribution in [0.1, 0.15) is 11.1 Å². The van der Waals surface area contributed by atoms with Crippen molar-refractivity contribution in [3.05, 3.63) is 35.4 Å². The lowest BCUT2D eigenvalue weighted by molar-refractivity contribution is 0.101. The number of nitrogens with one attached hydrogen (secondary N) is 1. The van der Waals surface area contributed by atoms with Crippen LogP contribution in [0.4, 0.5) is 0 Å². The van der Waals surface area contributed by atoms with E-state index in [0.29, 0.717) is 0 Å². The first kappa shape index (κ1) is 13.5. The molecule has 0 unspecified atom stereocenters. The number of hydrogen-bond donors (Lipinski definition) is 1. The van der Waals surface area contributed by atoms with Gasteiger partial charge in [-0.1, -0.05) is 29.8 Å². The van der Waals surface area contributed by atoms with E-state index >= 15 is 0 Å². The molecule has 0 bridgehead atoms. The summed E-state index contributed by atoms with van der Waals surface area (Å²) >= 11 is 0. The summed E-state index contributed by atoms with van der Waals surface area (Å²) in [7, 11) is 0. The van der Waals surface area contributed by atoms with Crippen molar-refractivity contribution in [2.75, 3.05) is 45.9 Å². The van der Waals surface area contributed by atoms with Crippen molar-refractivity contribution in [2.45, 2.75) is 13.3 Å². The zero-order valence-corrected chi connectivity index (χ0v) is 11.3. The Morgan fingerprint density at radius 3 is 2.83 bits per heavy atom. The van der Waals surface area contributed by atoms with Gasteiger partial charge in [-0.05, 0) is 18.9 Å². The summed E-state index contributed by atoms with van der Waals surface area (Å²) in [5.74, 6) is 0. The third-order valence-electron chi connectivity index (χ3n) is 3.38. The number of rotatable bonds is 6. The van der Waals surface area contributed by atoms with Crippen LogP contribution in [-0.4, -0.2) is 50.8 Å². The van der Waals surface area contributed by atoms with Gasteiger partial charge in [-0.2, -0.15) is 0 Å². The molecule has 3 nitrogen and oxygen atoms in total. The maximum atomic E-state index is 5.72. The van der Waals surface area contributed by atoms with E-state index in [0.717, 1.165) is 52.4 Å². The van der Waals surface area contributed by atoms with Crippen LogP contribution in [0.25, 0.3) is 0 Å². The summed E-state index contributed by atoms with van der Waals surface area (Å²) in [6.07, 6.45) is 1.02. The highest BCUT2D eigenvalue weighted by Gasteiger charge is 2.08. The number of hydrogen-bond acceptors (Lipinski definition) is 3. The lowest BCUT2D eigenvalue weighted by Gasteiger charge is -2.26. The Balaban J connectivity index is 1.55. The molecule has 1 N–H and O–H groups in total. The van der Waals surface area contributed by atoms with Crippen molar-refractivity contribution in [2.24, 2.45) is 0 Å². The molecule has 1 aromatic carbocycles. The minimum absolute atomic E-state index is 0.829. The Hall–Kier alpha value is -0.900. The molecule has 0 spiro atoms. The second kappa shape index (κ2) is 7.52. The van der Waals surface area contributed by atoms with Crippen LogP contribution in [0.2, 0.25) is 0 Å². The third kappa shape index (κ3) is 4.77. The van der Waals surface area contributed by atoms with Gasteiger partial charge in [0.15, 0.2) is 0 Å². The highest BCUT2D eigenvalue weighted by molar-refractivity contribution is 5.22. The van der Waals surface area contributed by atoms with E-state index in [1.807, 2.05) is 0 Å². The molecule has 3 heteroatoms. The van der Waals surface area contributed by atoms with Crippen LogP contribution < -0.4 is 5.32 Å². The SMILES string of the molecule is Cc1cccc(CCOCCN2CCNCC2)c1. The molecule has 0 radical (unpaired) electrons. The van der Waals surface area contributed by atoms with E-state index in [4.69, 9.17) is 4.74 Å². The maximum Gasteiger partial charge on any atom is 0.0593 e. The molecular weight excluding hydrogens is 224 g/mol. The summed E-state index contributed by atoms with van der Waals surface area (Å²) in [5.41, 5.74) is 2.70. The van der Waals surface area contributed by atoms with Gasteiger partial charge in [0.25, 0.3) is 0 Å². The molecule has 0 aromatic heterocycles. The Labute approximate surface area is 110 Å². The molecule has 2 rings (SSSR count). The van der Waals surface area contributed by atoms with Gasteiger partial charge in [-0.25, -0.2) is 0 Å². The number of piperazine rings is 1. The molecule has 0 atom stereocenters. The normalized spacial score (nSPS) is 16.9. The van der Waals surface area contributed by atoms with Crippen molar-refractivity contribution in [3.8, 4) is 0 Å². The molecular formula is C15H24N2O. The zero-order valence-electron chi connectivity index (χ0n) is 11.3. The van der Waals surface area contributed by atoms with Gasteiger partial charge in [0.1, 0.15) is 0 Å². The fourth-order valence-corrected chi connectivity index (χ4v) is 2.29. The van der Waals surface area contributed by atoms with Gasteiger partial charge in [0, 0.05) is 32.7 Å². The molecule has 1 fully saturated rings. The summed E-state index contributed by atoms with van der Waals surface area (Å²) in [4.78, 5) is 2.46. The summed E-state index contributed by atoms with van der Waals surface area (Å²) < 4.78 is 5.72. The van der Waals surface area contributed by atoms with Crippen LogP contribution >= 0.6 is 0 Å². The molecule has 0 saturated carbocycles. The van der Waals surface area contributed by atoms with Gasteiger partial charge in [0.05, 0.1) is 13.2 Å². The highest BCUT2D eigenvalue weighted by atomic mass is 16.5. The molecule has 1 aliphatic heterocycles. The van der Waals surface area contributed by atoms with Gasteiger partial charge in [0.2, 0.25) is 0 Å². The first-order chi connectivity index (χ1) is 8.84. The Morgan fingerprint density at radius 1 is 1.22 bits per heavy atom. The molecule has 1 aromatic rings. The van der Waals surface area contributed by atoms with E-state index in [1.54, 1.807) is 0 Å². The summed E-state index contributed by atoms with van der Waals surface area (Å²) in [5, 5.41) is 3.36. The average Bonchev–Trinajstić information content (AvgIpc) is 2.40. The van der Waals surface area contributed by atoms with Crippen LogP contribution in [0.15, 0.2) is 24.3 Å². The number of benzene rings is 1. The number of aryl methyl sites for hydroxylation is 1. The largest absolute Gasteiger partial charge is 0.380 e. The topological polar surface area (TPSA) is 24.5 Å². The minimum atomic E-state index is 0.829. The molecule has 1 saturated heterocycles. The molecule has 0 aliphatic carbocycles. The second-order valence-electron chi connectivity index (χ2n) is 4.94. The van der Waals surface area contributed by atoms with Gasteiger partial charge >= 0.3 is 0 Å². The first-order valence-corrected chi connectivity index (χ1v) is 6.91. The lowest BCUT2D eigenvalue weighted by atomic mass is 10.1. The van der Waals surface area contributed by atoms with Crippen LogP contribution in [-0.2, 0) is 11.2 Å². The van der Waals surface area contributed by atoms with Gasteiger partial charge in [-0.3, -0.25) is 4.90 Å². The van der Waals surface area contributed by atoms with Crippen LogP contribution in [0.5, 0.6) is 0 Å². The molecule has 1 aliphatic rings. The van der Waals surface area contributed by atoms with E-state index in [1.165, 1.54) is 11.1 Å². The molecule has 0 amide bonds. The smallest absolute Gasteiger partial charge is 0.0593 e. The molecule has 18 heavy (non-hydrogen) atoms. The Bertz CT molecular complexity index is 348. The molecule has 100 valence electrons. The zero-order chi connectivity index (χ0) is 12.6. The Kier molecular flexibility index (Phi) is 5.65. The quantitative estimate of drug-likeness (QED) is 0.771.